The van der Waals surface area contributed by atoms with Crippen molar-refractivity contribution in [2.24, 2.45) is 10.7 Å². The Morgan fingerprint density at radius 1 is 1.00 bits per heavy atom. The Hall–Kier alpha value is -2.84. The van der Waals surface area contributed by atoms with Crippen LogP contribution in [0.5, 0.6) is 0 Å². The number of nitrogens with one attached hydrogen (secondary N) is 1. The minimum atomic E-state index is -0.982. The predicted molar refractivity (Wildman–Crippen MR) is 110 cm³/mol. The molecule has 2 aromatic rings. The third-order valence-corrected chi connectivity index (χ3v) is 4.97. The summed E-state index contributed by atoms with van der Waals surface area (Å²) in [5.41, 5.74) is 7.07. The fourth-order valence-corrected chi connectivity index (χ4v) is 3.71. The number of benzene rings is 2. The fraction of sp³-hybridized carbons (Fsp3) is 0.190. The van der Waals surface area contributed by atoms with Gasteiger partial charge in [0.2, 0.25) is 0 Å². The summed E-state index contributed by atoms with van der Waals surface area (Å²) < 4.78 is 57.2. The number of nitrogens with two attached hydrogens (primary N) is 1. The lowest BCUT2D eigenvalue weighted by Gasteiger charge is -2.36. The van der Waals surface area contributed by atoms with Crippen molar-refractivity contribution in [1.82, 2.24) is 10.2 Å². The van der Waals surface area contributed by atoms with Gasteiger partial charge in [0.25, 0.3) is 0 Å². The molecule has 4 nitrogen and oxygen atoms in total. The van der Waals surface area contributed by atoms with Crippen molar-refractivity contribution in [2.45, 2.75) is 6.04 Å². The number of aliphatic imine (C=N–C) groups is 1. The molecular formula is C21H19ClF4N4. The van der Waals surface area contributed by atoms with Crippen LogP contribution < -0.4 is 11.1 Å². The molecule has 2 aromatic carbocycles. The molecule has 0 aliphatic carbocycles. The Kier molecular flexibility index (Phi) is 6.19. The highest BCUT2D eigenvalue weighted by Gasteiger charge is 2.34. The van der Waals surface area contributed by atoms with Crippen LogP contribution in [0.25, 0.3) is 6.08 Å². The second-order valence-corrected chi connectivity index (χ2v) is 7.05. The lowest BCUT2D eigenvalue weighted by molar-refractivity contribution is 0.366. The van der Waals surface area contributed by atoms with E-state index >= 15 is 0 Å². The van der Waals surface area contributed by atoms with Crippen molar-refractivity contribution < 1.29 is 17.6 Å². The summed E-state index contributed by atoms with van der Waals surface area (Å²) in [5.74, 6) is -2.91. The highest BCUT2D eigenvalue weighted by molar-refractivity contribution is 5.85. The molecule has 2 aliphatic heterocycles. The van der Waals surface area contributed by atoms with Crippen LogP contribution in [-0.4, -0.2) is 31.0 Å². The zero-order valence-electron chi connectivity index (χ0n) is 15.9. The number of hydrogen-bond acceptors (Lipinski definition) is 4. The molecule has 2 aliphatic rings. The average Bonchev–Trinajstić information content (AvgIpc) is 2.65. The van der Waals surface area contributed by atoms with Gasteiger partial charge in [0, 0.05) is 24.4 Å². The molecule has 0 radical (unpaired) electrons. The standard InChI is InChI=1S/C21H18F4N4.ClH/c1-29-9-11(8-12-14(22)4-2-5-15(12)23)19-13(10-29)20(28-21(26)27-19)18-16(24)6-3-7-17(18)25;/h2-8,20H,9-10H2,1H3,(H3,26,27,28);1H/b11-8+;. The Morgan fingerprint density at radius 2 is 1.57 bits per heavy atom. The molecule has 0 fully saturated rings. The summed E-state index contributed by atoms with van der Waals surface area (Å²) in [6, 6.07) is 6.22. The quantitative estimate of drug-likeness (QED) is 0.699. The van der Waals surface area contributed by atoms with Gasteiger partial charge in [-0.05, 0) is 48.5 Å². The zero-order chi connectivity index (χ0) is 20.7. The number of nitrogens with zero attached hydrogens (tertiary/aromatic N) is 2. The normalized spacial score (nSPS) is 20.4. The van der Waals surface area contributed by atoms with Crippen LogP contribution in [0.15, 0.2) is 58.2 Å². The van der Waals surface area contributed by atoms with Crippen molar-refractivity contribution in [3.8, 4) is 0 Å². The van der Waals surface area contributed by atoms with Crippen molar-refractivity contribution in [1.29, 1.82) is 0 Å². The Morgan fingerprint density at radius 3 is 2.17 bits per heavy atom. The second-order valence-electron chi connectivity index (χ2n) is 7.05. The molecule has 30 heavy (non-hydrogen) atoms. The maximum atomic E-state index is 14.4. The summed E-state index contributed by atoms with van der Waals surface area (Å²) in [7, 11) is 1.80. The van der Waals surface area contributed by atoms with E-state index in [2.05, 4.69) is 10.3 Å². The van der Waals surface area contributed by atoms with E-state index in [1.165, 1.54) is 30.3 Å². The van der Waals surface area contributed by atoms with E-state index in [-0.39, 0.29) is 29.5 Å². The van der Waals surface area contributed by atoms with Gasteiger partial charge in [-0.25, -0.2) is 22.6 Å². The molecule has 2 heterocycles. The van der Waals surface area contributed by atoms with Crippen LogP contribution in [0, 0.1) is 23.3 Å². The van der Waals surface area contributed by atoms with Crippen LogP contribution in [0.1, 0.15) is 17.2 Å². The summed E-state index contributed by atoms with van der Waals surface area (Å²) in [6.07, 6.45) is 1.38. The van der Waals surface area contributed by atoms with E-state index in [1.54, 1.807) is 7.05 Å². The topological polar surface area (TPSA) is 53.6 Å². The van der Waals surface area contributed by atoms with Crippen LogP contribution in [0.4, 0.5) is 17.6 Å². The van der Waals surface area contributed by atoms with Gasteiger partial charge in [-0.1, -0.05) is 12.1 Å². The first-order chi connectivity index (χ1) is 13.8. The highest BCUT2D eigenvalue weighted by Crippen LogP contribution is 2.38. The fourth-order valence-electron chi connectivity index (χ4n) is 3.71. The van der Waals surface area contributed by atoms with Crippen LogP contribution >= 0.6 is 12.4 Å². The third kappa shape index (κ3) is 3.93. The second kappa shape index (κ2) is 8.49. The van der Waals surface area contributed by atoms with Gasteiger partial charge in [0.1, 0.15) is 29.3 Å². The lowest BCUT2D eigenvalue weighted by Crippen LogP contribution is -2.43. The van der Waals surface area contributed by atoms with E-state index in [4.69, 9.17) is 5.73 Å². The van der Waals surface area contributed by atoms with Crippen LogP contribution in [0.3, 0.4) is 0 Å². The largest absolute Gasteiger partial charge is 0.370 e. The molecule has 0 amide bonds. The maximum Gasteiger partial charge on any atom is 0.194 e. The van der Waals surface area contributed by atoms with Crippen molar-refractivity contribution in [2.75, 3.05) is 20.1 Å². The number of guanidine groups is 1. The molecular weight excluding hydrogens is 420 g/mol. The Bertz CT molecular complexity index is 1040. The van der Waals surface area contributed by atoms with E-state index in [9.17, 15) is 17.6 Å². The van der Waals surface area contributed by atoms with Crippen LogP contribution in [0.2, 0.25) is 0 Å². The van der Waals surface area contributed by atoms with E-state index in [1.807, 2.05) is 4.90 Å². The third-order valence-electron chi connectivity index (χ3n) is 4.97. The van der Waals surface area contributed by atoms with Crippen LogP contribution in [-0.2, 0) is 0 Å². The van der Waals surface area contributed by atoms with Crippen molar-refractivity contribution in [3.63, 3.8) is 0 Å². The van der Waals surface area contributed by atoms with E-state index in [0.717, 1.165) is 12.1 Å². The van der Waals surface area contributed by atoms with Gasteiger partial charge in [-0.15, -0.1) is 12.4 Å². The molecule has 0 spiro atoms. The summed E-state index contributed by atoms with van der Waals surface area (Å²) in [6.45, 7) is 0.716. The summed E-state index contributed by atoms with van der Waals surface area (Å²) >= 11 is 0. The average molecular weight is 439 g/mol. The van der Waals surface area contributed by atoms with Gasteiger partial charge in [-0.3, -0.25) is 4.90 Å². The summed E-state index contributed by atoms with van der Waals surface area (Å²) in [5, 5.41) is 2.91. The number of likely N-dealkylation sites (N-methyl/N-ethyl adjacent to an activating group) is 1. The first-order valence-electron chi connectivity index (χ1n) is 8.96. The van der Waals surface area contributed by atoms with E-state index < -0.39 is 29.3 Å². The van der Waals surface area contributed by atoms with Crippen molar-refractivity contribution >= 4 is 24.4 Å². The maximum absolute atomic E-state index is 14.4. The molecule has 158 valence electrons. The predicted octanol–water partition coefficient (Wildman–Crippen LogP) is 3.91. The minimum Gasteiger partial charge on any atom is -0.370 e. The zero-order valence-corrected chi connectivity index (χ0v) is 16.7. The molecule has 0 saturated heterocycles. The van der Waals surface area contributed by atoms with Gasteiger partial charge in [-0.2, -0.15) is 0 Å². The molecule has 3 N–H and O–H groups in total. The minimum absolute atomic E-state index is 0. The SMILES string of the molecule is CN1CC2=C(NC(N)=NC2c2c(F)cccc2F)/C(=C/c2c(F)cccc2F)C1.Cl. The van der Waals surface area contributed by atoms with Gasteiger partial charge in [0.05, 0.1) is 5.56 Å². The highest BCUT2D eigenvalue weighted by atomic mass is 35.5. The van der Waals surface area contributed by atoms with Gasteiger partial charge < -0.3 is 11.1 Å². The Balaban J connectivity index is 0.00000256. The molecule has 0 saturated carbocycles. The summed E-state index contributed by atoms with van der Waals surface area (Å²) in [4.78, 5) is 6.08. The van der Waals surface area contributed by atoms with E-state index in [0.29, 0.717) is 29.9 Å². The van der Waals surface area contributed by atoms with Gasteiger partial charge >= 0.3 is 0 Å². The lowest BCUT2D eigenvalue weighted by atomic mass is 9.89. The Labute approximate surface area is 177 Å². The monoisotopic (exact) mass is 438 g/mol. The molecule has 1 atom stereocenters. The molecule has 0 aromatic heterocycles. The van der Waals surface area contributed by atoms with Gasteiger partial charge in [0.15, 0.2) is 5.96 Å². The first kappa shape index (κ1) is 21.9. The molecule has 9 heteroatoms. The molecule has 4 rings (SSSR count). The number of rotatable bonds is 2. The number of hydrogen-bond donors (Lipinski definition) is 2. The number of halogens is 5. The molecule has 1 unspecified atom stereocenters. The molecule has 0 bridgehead atoms. The van der Waals surface area contributed by atoms with Crippen molar-refractivity contribution in [3.05, 3.63) is 87.6 Å². The first-order valence-corrected chi connectivity index (χ1v) is 8.96. The smallest absolute Gasteiger partial charge is 0.194 e.